The Labute approximate surface area is 119 Å². The number of esters is 1. The number of hydrogen-bond acceptors (Lipinski definition) is 4. The lowest BCUT2D eigenvalue weighted by atomic mass is 9.97. The van der Waals surface area contributed by atoms with Gasteiger partial charge in [0.05, 0.1) is 6.10 Å². The van der Waals surface area contributed by atoms with Gasteiger partial charge >= 0.3 is 5.97 Å². The first-order valence-corrected chi connectivity index (χ1v) is 7.01. The molecule has 0 spiro atoms. The van der Waals surface area contributed by atoms with Crippen molar-refractivity contribution in [1.82, 2.24) is 0 Å². The van der Waals surface area contributed by atoms with Gasteiger partial charge in [-0.3, -0.25) is 4.79 Å². The van der Waals surface area contributed by atoms with Gasteiger partial charge in [0.15, 0.2) is 5.79 Å². The van der Waals surface area contributed by atoms with Crippen LogP contribution in [0.1, 0.15) is 37.8 Å². The Kier molecular flexibility index (Phi) is 4.16. The first-order chi connectivity index (χ1) is 9.33. The third-order valence-electron chi connectivity index (χ3n) is 3.96. The summed E-state index contributed by atoms with van der Waals surface area (Å²) in [5.74, 6) is -2.02. The summed E-state index contributed by atoms with van der Waals surface area (Å²) in [7, 11) is 0. The third-order valence-corrected chi connectivity index (χ3v) is 3.96. The molecule has 1 N–H and O–H groups in total. The number of ether oxygens (including phenoxy) is 2. The van der Waals surface area contributed by atoms with E-state index >= 15 is 0 Å². The van der Waals surface area contributed by atoms with Crippen LogP contribution < -0.4 is 4.74 Å². The summed E-state index contributed by atoms with van der Waals surface area (Å²) >= 11 is 0. The molecule has 1 aliphatic heterocycles. The molecule has 0 saturated carbocycles. The minimum atomic E-state index is -1.41. The van der Waals surface area contributed by atoms with Crippen LogP contribution in [0, 0.1) is 19.8 Å². The summed E-state index contributed by atoms with van der Waals surface area (Å²) in [5.41, 5.74) is 1.80. The highest BCUT2D eigenvalue weighted by Crippen LogP contribution is 2.35. The van der Waals surface area contributed by atoms with Gasteiger partial charge in [-0.15, -0.1) is 0 Å². The molecule has 1 heterocycles. The highest BCUT2D eigenvalue weighted by atomic mass is 16.6. The lowest BCUT2D eigenvalue weighted by molar-refractivity contribution is -0.222. The van der Waals surface area contributed by atoms with Gasteiger partial charge in [0, 0.05) is 6.42 Å². The molecule has 0 aromatic heterocycles. The monoisotopic (exact) mass is 278 g/mol. The molecule has 4 heteroatoms. The topological polar surface area (TPSA) is 55.8 Å². The van der Waals surface area contributed by atoms with Gasteiger partial charge in [-0.05, 0) is 45.2 Å². The first kappa shape index (κ1) is 15.0. The molecule has 1 aliphatic rings. The average molecular weight is 278 g/mol. The van der Waals surface area contributed by atoms with Crippen LogP contribution in [0.4, 0.5) is 0 Å². The van der Waals surface area contributed by atoms with Crippen molar-refractivity contribution in [1.29, 1.82) is 0 Å². The molecule has 0 amide bonds. The van der Waals surface area contributed by atoms with Crippen molar-refractivity contribution in [2.24, 2.45) is 5.92 Å². The summed E-state index contributed by atoms with van der Waals surface area (Å²) < 4.78 is 11.0. The van der Waals surface area contributed by atoms with E-state index in [1.807, 2.05) is 39.0 Å². The number of aliphatic hydroxyl groups is 1. The molecule has 0 radical (unpaired) electrons. The highest BCUT2D eigenvalue weighted by Gasteiger charge is 2.45. The largest absolute Gasteiger partial charge is 0.426 e. The van der Waals surface area contributed by atoms with Gasteiger partial charge in [-0.25, -0.2) is 0 Å². The standard InChI is InChI=1S/C16H22O4/c1-10-6-5-7-11(2)14(10)19-15(17)13(4)16(18)9-8-12(3)20-16/h5-7,12-13,18H,8-9H2,1-4H3. The molecule has 0 aliphatic carbocycles. The van der Waals surface area contributed by atoms with Crippen LogP contribution in [0.3, 0.4) is 0 Å². The van der Waals surface area contributed by atoms with Crippen LogP contribution in [0.5, 0.6) is 5.75 Å². The smallest absolute Gasteiger partial charge is 0.319 e. The predicted molar refractivity (Wildman–Crippen MR) is 75.4 cm³/mol. The number of para-hydroxylation sites is 1. The van der Waals surface area contributed by atoms with Crippen LogP contribution in [0.25, 0.3) is 0 Å². The average Bonchev–Trinajstić information content (AvgIpc) is 2.74. The van der Waals surface area contributed by atoms with E-state index in [9.17, 15) is 9.90 Å². The number of hydrogen-bond donors (Lipinski definition) is 1. The van der Waals surface area contributed by atoms with Crippen LogP contribution in [0.2, 0.25) is 0 Å². The second-order valence-corrected chi connectivity index (χ2v) is 5.68. The molecular formula is C16H22O4. The van der Waals surface area contributed by atoms with E-state index in [2.05, 4.69) is 0 Å². The van der Waals surface area contributed by atoms with Gasteiger partial charge in [-0.2, -0.15) is 0 Å². The van der Waals surface area contributed by atoms with E-state index in [1.165, 1.54) is 0 Å². The number of carbonyl (C=O) groups excluding carboxylic acids is 1. The van der Waals surface area contributed by atoms with Crippen molar-refractivity contribution < 1.29 is 19.4 Å². The minimum Gasteiger partial charge on any atom is -0.426 e. The van der Waals surface area contributed by atoms with E-state index in [4.69, 9.17) is 9.47 Å². The van der Waals surface area contributed by atoms with Gasteiger partial charge in [0.2, 0.25) is 0 Å². The minimum absolute atomic E-state index is 0.0320. The lowest BCUT2D eigenvalue weighted by Crippen LogP contribution is -2.42. The summed E-state index contributed by atoms with van der Waals surface area (Å²) in [6.07, 6.45) is 1.17. The van der Waals surface area contributed by atoms with Gasteiger partial charge < -0.3 is 14.6 Å². The van der Waals surface area contributed by atoms with E-state index in [1.54, 1.807) is 6.92 Å². The van der Waals surface area contributed by atoms with Crippen LogP contribution >= 0.6 is 0 Å². The van der Waals surface area contributed by atoms with Gasteiger partial charge in [0.25, 0.3) is 0 Å². The Balaban J connectivity index is 2.12. The normalized spacial score (nSPS) is 27.4. The summed E-state index contributed by atoms with van der Waals surface area (Å²) in [6, 6.07) is 5.70. The fraction of sp³-hybridized carbons (Fsp3) is 0.562. The molecule has 2 rings (SSSR count). The maximum absolute atomic E-state index is 12.3. The van der Waals surface area contributed by atoms with Crippen molar-refractivity contribution in [3.05, 3.63) is 29.3 Å². The van der Waals surface area contributed by atoms with Crippen molar-refractivity contribution in [3.63, 3.8) is 0 Å². The Morgan fingerprint density at radius 2 is 2.05 bits per heavy atom. The number of benzene rings is 1. The summed E-state index contributed by atoms with van der Waals surface area (Å²) in [6.45, 7) is 7.32. The predicted octanol–water partition coefficient (Wildman–Crippen LogP) is 2.73. The maximum Gasteiger partial charge on any atom is 0.319 e. The van der Waals surface area contributed by atoms with Crippen molar-refractivity contribution in [3.8, 4) is 5.75 Å². The van der Waals surface area contributed by atoms with E-state index in [0.29, 0.717) is 12.2 Å². The molecule has 110 valence electrons. The van der Waals surface area contributed by atoms with Gasteiger partial charge in [0.1, 0.15) is 11.7 Å². The molecule has 0 bridgehead atoms. The summed E-state index contributed by atoms with van der Waals surface area (Å²) in [5, 5.41) is 10.4. The second kappa shape index (κ2) is 5.54. The molecule has 3 unspecified atom stereocenters. The third kappa shape index (κ3) is 2.86. The molecule has 1 saturated heterocycles. The molecule has 1 aromatic rings. The SMILES string of the molecule is Cc1cccc(C)c1OC(=O)C(C)C1(O)CCC(C)O1. The van der Waals surface area contributed by atoms with E-state index < -0.39 is 17.7 Å². The number of rotatable bonds is 3. The maximum atomic E-state index is 12.3. The van der Waals surface area contributed by atoms with Gasteiger partial charge in [-0.1, -0.05) is 18.2 Å². The zero-order chi connectivity index (χ0) is 14.9. The van der Waals surface area contributed by atoms with E-state index in [0.717, 1.165) is 17.5 Å². The Bertz CT molecular complexity index is 491. The summed E-state index contributed by atoms with van der Waals surface area (Å²) in [4.78, 5) is 12.3. The zero-order valence-corrected chi connectivity index (χ0v) is 12.5. The number of aryl methyl sites for hydroxylation is 2. The number of carbonyl (C=O) groups is 1. The second-order valence-electron chi connectivity index (χ2n) is 5.68. The zero-order valence-electron chi connectivity index (χ0n) is 12.5. The van der Waals surface area contributed by atoms with Crippen molar-refractivity contribution in [2.45, 2.75) is 52.4 Å². The molecule has 3 atom stereocenters. The quantitative estimate of drug-likeness (QED) is 0.682. The van der Waals surface area contributed by atoms with Crippen LogP contribution in [-0.4, -0.2) is 23.0 Å². The van der Waals surface area contributed by atoms with Crippen molar-refractivity contribution in [2.75, 3.05) is 0 Å². The Hall–Kier alpha value is -1.39. The molecule has 1 aromatic carbocycles. The lowest BCUT2D eigenvalue weighted by Gasteiger charge is -2.28. The molecule has 20 heavy (non-hydrogen) atoms. The Morgan fingerprint density at radius 1 is 1.45 bits per heavy atom. The fourth-order valence-electron chi connectivity index (χ4n) is 2.53. The Morgan fingerprint density at radius 3 is 2.55 bits per heavy atom. The fourth-order valence-corrected chi connectivity index (χ4v) is 2.53. The van der Waals surface area contributed by atoms with Crippen LogP contribution in [-0.2, 0) is 9.53 Å². The molecule has 1 fully saturated rings. The highest BCUT2D eigenvalue weighted by molar-refractivity contribution is 5.76. The molecular weight excluding hydrogens is 256 g/mol. The van der Waals surface area contributed by atoms with E-state index in [-0.39, 0.29) is 6.10 Å². The first-order valence-electron chi connectivity index (χ1n) is 7.01. The molecule has 4 nitrogen and oxygen atoms in total. The van der Waals surface area contributed by atoms with Crippen LogP contribution in [0.15, 0.2) is 18.2 Å². The van der Waals surface area contributed by atoms with Crippen molar-refractivity contribution >= 4 is 5.97 Å².